The van der Waals surface area contributed by atoms with Gasteiger partial charge in [-0.05, 0) is 19.1 Å². The Balaban J connectivity index is 3.22. The minimum Gasteiger partial charge on any atom is -0.495 e. The molecule has 1 aromatic rings. The van der Waals surface area contributed by atoms with Crippen LogP contribution < -0.4 is 15.2 Å². The highest BCUT2D eigenvalue weighted by molar-refractivity contribution is 6.33. The van der Waals surface area contributed by atoms with Crippen molar-refractivity contribution < 1.29 is 9.47 Å². The topological polar surface area (TPSA) is 44.5 Å². The van der Waals surface area contributed by atoms with E-state index in [1.54, 1.807) is 19.2 Å². The number of hydrogen-bond donors (Lipinski definition) is 1. The third-order valence-electron chi connectivity index (χ3n) is 1.92. The molecule has 0 heterocycles. The number of nitrogens with two attached hydrogens (primary N) is 1. The second-order valence-corrected chi connectivity index (χ2v) is 3.60. The monoisotopic (exact) mass is 239 g/mol. The molecule has 1 atom stereocenters. The SMILES string of the molecule is COc1ccc(C#CC(C)N)c(OC)c1Cl. The first-order chi connectivity index (χ1) is 7.60. The summed E-state index contributed by atoms with van der Waals surface area (Å²) < 4.78 is 10.3. The van der Waals surface area contributed by atoms with Crippen molar-refractivity contribution >= 4 is 11.6 Å². The molecule has 0 saturated heterocycles. The molecule has 0 aliphatic heterocycles. The molecule has 2 N–H and O–H groups in total. The molecule has 0 aromatic heterocycles. The first-order valence-electron chi connectivity index (χ1n) is 4.77. The number of ether oxygens (including phenoxy) is 2. The minimum absolute atomic E-state index is 0.189. The van der Waals surface area contributed by atoms with Gasteiger partial charge in [0.05, 0.1) is 25.8 Å². The van der Waals surface area contributed by atoms with E-state index < -0.39 is 0 Å². The summed E-state index contributed by atoms with van der Waals surface area (Å²) in [6, 6.07) is 3.35. The zero-order valence-corrected chi connectivity index (χ0v) is 10.3. The highest BCUT2D eigenvalue weighted by atomic mass is 35.5. The van der Waals surface area contributed by atoms with Crippen LogP contribution in [0, 0.1) is 11.8 Å². The molecule has 1 unspecified atom stereocenters. The van der Waals surface area contributed by atoms with Gasteiger partial charge in [0.1, 0.15) is 10.8 Å². The van der Waals surface area contributed by atoms with Crippen molar-refractivity contribution in [1.82, 2.24) is 0 Å². The van der Waals surface area contributed by atoms with Crippen molar-refractivity contribution in [2.45, 2.75) is 13.0 Å². The number of halogens is 1. The van der Waals surface area contributed by atoms with Gasteiger partial charge in [-0.25, -0.2) is 0 Å². The van der Waals surface area contributed by atoms with Crippen molar-refractivity contribution in [2.24, 2.45) is 5.73 Å². The van der Waals surface area contributed by atoms with E-state index >= 15 is 0 Å². The molecule has 1 aromatic carbocycles. The largest absolute Gasteiger partial charge is 0.495 e. The van der Waals surface area contributed by atoms with Gasteiger partial charge >= 0.3 is 0 Å². The maximum atomic E-state index is 6.08. The van der Waals surface area contributed by atoms with Crippen LogP contribution in [0.2, 0.25) is 5.02 Å². The zero-order chi connectivity index (χ0) is 12.1. The van der Waals surface area contributed by atoms with Crippen LogP contribution in [0.25, 0.3) is 0 Å². The van der Waals surface area contributed by atoms with Crippen LogP contribution in [0.5, 0.6) is 11.5 Å². The second kappa shape index (κ2) is 5.64. The maximum absolute atomic E-state index is 6.08. The molecular weight excluding hydrogens is 226 g/mol. The smallest absolute Gasteiger partial charge is 0.156 e. The fraction of sp³-hybridized carbons (Fsp3) is 0.333. The predicted molar refractivity (Wildman–Crippen MR) is 65.1 cm³/mol. The molecular formula is C12H14ClNO2. The molecule has 0 radical (unpaired) electrons. The Morgan fingerprint density at radius 3 is 2.50 bits per heavy atom. The second-order valence-electron chi connectivity index (χ2n) is 3.22. The van der Waals surface area contributed by atoms with Crippen LogP contribution in [0.1, 0.15) is 12.5 Å². The van der Waals surface area contributed by atoms with Gasteiger partial charge in [0.2, 0.25) is 0 Å². The summed E-state index contributed by atoms with van der Waals surface area (Å²) in [6.07, 6.45) is 0. The molecule has 3 nitrogen and oxygen atoms in total. The van der Waals surface area contributed by atoms with E-state index in [2.05, 4.69) is 11.8 Å². The fourth-order valence-electron chi connectivity index (χ4n) is 1.19. The molecule has 0 spiro atoms. The Morgan fingerprint density at radius 2 is 2.00 bits per heavy atom. The van der Waals surface area contributed by atoms with Crippen molar-refractivity contribution in [1.29, 1.82) is 0 Å². The molecule has 0 saturated carbocycles. The van der Waals surface area contributed by atoms with E-state index in [9.17, 15) is 0 Å². The Bertz CT molecular complexity index is 433. The van der Waals surface area contributed by atoms with Gasteiger partial charge in [0.25, 0.3) is 0 Å². The minimum atomic E-state index is -0.189. The summed E-state index contributed by atoms with van der Waals surface area (Å²) in [5.74, 6) is 6.83. The summed E-state index contributed by atoms with van der Waals surface area (Å²) in [7, 11) is 3.09. The van der Waals surface area contributed by atoms with Gasteiger partial charge in [0, 0.05) is 0 Å². The van der Waals surface area contributed by atoms with E-state index in [-0.39, 0.29) is 6.04 Å². The summed E-state index contributed by atoms with van der Waals surface area (Å²) in [6.45, 7) is 1.81. The summed E-state index contributed by atoms with van der Waals surface area (Å²) in [4.78, 5) is 0. The molecule has 16 heavy (non-hydrogen) atoms. The molecule has 0 aliphatic carbocycles. The van der Waals surface area contributed by atoms with E-state index in [1.165, 1.54) is 7.11 Å². The average molecular weight is 240 g/mol. The molecule has 4 heteroatoms. The standard InChI is InChI=1S/C12H14ClNO2/c1-8(14)4-5-9-6-7-10(15-2)11(13)12(9)16-3/h6-8H,14H2,1-3H3. The summed E-state index contributed by atoms with van der Waals surface area (Å²) >= 11 is 6.08. The molecule has 0 amide bonds. The van der Waals surface area contributed by atoms with E-state index in [0.29, 0.717) is 22.1 Å². The van der Waals surface area contributed by atoms with Crippen LogP contribution in [-0.4, -0.2) is 20.3 Å². The number of hydrogen-bond acceptors (Lipinski definition) is 3. The lowest BCUT2D eigenvalue weighted by Gasteiger charge is -2.09. The lowest BCUT2D eigenvalue weighted by Crippen LogP contribution is -2.11. The van der Waals surface area contributed by atoms with Gasteiger partial charge in [-0.15, -0.1) is 0 Å². The highest BCUT2D eigenvalue weighted by Gasteiger charge is 2.11. The van der Waals surface area contributed by atoms with Gasteiger partial charge in [0.15, 0.2) is 5.75 Å². The van der Waals surface area contributed by atoms with Crippen molar-refractivity contribution in [3.8, 4) is 23.3 Å². The highest BCUT2D eigenvalue weighted by Crippen LogP contribution is 2.36. The molecule has 86 valence electrons. The Labute approximate surface area is 100 Å². The van der Waals surface area contributed by atoms with Gasteiger partial charge in [-0.1, -0.05) is 23.4 Å². The fourth-order valence-corrected chi connectivity index (χ4v) is 1.50. The first kappa shape index (κ1) is 12.7. The number of rotatable bonds is 2. The lowest BCUT2D eigenvalue weighted by atomic mass is 10.2. The van der Waals surface area contributed by atoms with E-state index in [1.807, 2.05) is 6.92 Å². The van der Waals surface area contributed by atoms with E-state index in [4.69, 9.17) is 26.8 Å². The lowest BCUT2D eigenvalue weighted by molar-refractivity contribution is 0.394. The van der Waals surface area contributed by atoms with Crippen LogP contribution in [0.3, 0.4) is 0 Å². The Hall–Kier alpha value is -1.37. The predicted octanol–water partition coefficient (Wildman–Crippen LogP) is 2.06. The molecule has 0 fully saturated rings. The van der Waals surface area contributed by atoms with Crippen LogP contribution in [0.4, 0.5) is 0 Å². The Morgan fingerprint density at radius 1 is 1.31 bits per heavy atom. The van der Waals surface area contributed by atoms with Crippen LogP contribution >= 0.6 is 11.6 Å². The normalized spacial score (nSPS) is 11.3. The van der Waals surface area contributed by atoms with Crippen molar-refractivity contribution in [3.05, 3.63) is 22.7 Å². The van der Waals surface area contributed by atoms with Crippen LogP contribution in [-0.2, 0) is 0 Å². The van der Waals surface area contributed by atoms with Crippen LogP contribution in [0.15, 0.2) is 12.1 Å². The summed E-state index contributed by atoms with van der Waals surface area (Å²) in [5, 5.41) is 0.418. The quantitative estimate of drug-likeness (QED) is 0.804. The molecule has 1 rings (SSSR count). The number of methoxy groups -OCH3 is 2. The maximum Gasteiger partial charge on any atom is 0.156 e. The van der Waals surface area contributed by atoms with E-state index in [0.717, 1.165) is 0 Å². The molecule has 0 bridgehead atoms. The van der Waals surface area contributed by atoms with Gasteiger partial charge < -0.3 is 15.2 Å². The third-order valence-corrected chi connectivity index (χ3v) is 2.28. The van der Waals surface area contributed by atoms with Gasteiger partial charge in [-0.3, -0.25) is 0 Å². The summed E-state index contributed by atoms with van der Waals surface area (Å²) in [5.41, 5.74) is 6.25. The average Bonchev–Trinajstić information content (AvgIpc) is 2.26. The number of benzene rings is 1. The van der Waals surface area contributed by atoms with Crippen molar-refractivity contribution in [2.75, 3.05) is 14.2 Å². The Kier molecular flexibility index (Phi) is 4.48. The third kappa shape index (κ3) is 2.82. The molecule has 0 aliphatic rings. The van der Waals surface area contributed by atoms with Gasteiger partial charge in [-0.2, -0.15) is 0 Å². The van der Waals surface area contributed by atoms with Crippen molar-refractivity contribution in [3.63, 3.8) is 0 Å². The zero-order valence-electron chi connectivity index (χ0n) is 9.50. The first-order valence-corrected chi connectivity index (χ1v) is 5.15.